The summed E-state index contributed by atoms with van der Waals surface area (Å²) in [6.45, 7) is 4.33. The number of hydrogen-bond donors (Lipinski definition) is 3. The number of nitrogens with zero attached hydrogens (tertiary/aromatic N) is 2. The van der Waals surface area contributed by atoms with E-state index in [1.807, 2.05) is 50.2 Å². The van der Waals surface area contributed by atoms with Gasteiger partial charge in [0, 0.05) is 11.8 Å². The lowest BCUT2D eigenvalue weighted by Crippen LogP contribution is -2.27. The van der Waals surface area contributed by atoms with E-state index in [9.17, 15) is 5.11 Å². The number of H-pyrrole nitrogens is 1. The van der Waals surface area contributed by atoms with Gasteiger partial charge in [-0.15, -0.1) is 0 Å². The maximum Gasteiger partial charge on any atom is 0.145 e. The largest absolute Gasteiger partial charge is 0.509 e. The summed E-state index contributed by atoms with van der Waals surface area (Å²) in [4.78, 5) is 9.54. The Balaban J connectivity index is 1.74. The van der Waals surface area contributed by atoms with Crippen LogP contribution in [0.2, 0.25) is 0 Å². The predicted molar refractivity (Wildman–Crippen MR) is 103 cm³/mol. The van der Waals surface area contributed by atoms with Gasteiger partial charge in [0.2, 0.25) is 0 Å². The number of aliphatic hydroxyl groups is 1. The summed E-state index contributed by atoms with van der Waals surface area (Å²) >= 11 is 0. The molecule has 0 atom stereocenters. The number of fused-ring (bicyclic) bond motifs is 1. The summed E-state index contributed by atoms with van der Waals surface area (Å²) < 4.78 is 5.24. The molecule has 0 bridgehead atoms. The number of hydrogen-bond acceptors (Lipinski definition) is 4. The third kappa shape index (κ3) is 2.42. The number of nitrogens with one attached hydrogen (secondary N) is 2. The molecule has 132 valence electrons. The molecule has 0 saturated carbocycles. The Morgan fingerprint density at radius 3 is 2.81 bits per heavy atom. The van der Waals surface area contributed by atoms with Crippen molar-refractivity contribution in [2.45, 2.75) is 13.8 Å². The van der Waals surface area contributed by atoms with E-state index in [2.05, 4.69) is 9.97 Å². The molecule has 1 aromatic heterocycles. The Labute approximate surface area is 151 Å². The monoisotopic (exact) mass is 348 g/mol. The molecule has 6 nitrogen and oxygen atoms in total. The fourth-order valence-electron chi connectivity index (χ4n) is 3.30. The fraction of sp³-hybridized carbons (Fsp3) is 0.200. The fourth-order valence-corrected chi connectivity index (χ4v) is 3.30. The van der Waals surface area contributed by atoms with Gasteiger partial charge in [-0.25, -0.2) is 4.98 Å². The number of amidine groups is 1. The van der Waals surface area contributed by atoms with Gasteiger partial charge in [-0.1, -0.05) is 12.1 Å². The molecular formula is C20H20N4O2. The van der Waals surface area contributed by atoms with Gasteiger partial charge in [0.1, 0.15) is 23.2 Å². The zero-order valence-electron chi connectivity index (χ0n) is 14.9. The van der Waals surface area contributed by atoms with Crippen LogP contribution in [0.3, 0.4) is 0 Å². The minimum atomic E-state index is 0.141. The molecule has 2 heterocycles. The SMILES string of the molecule is COc1ccc2nc(C3=C(O)CN(c4cccc(C)c4C)C3=N)[nH]c2c1. The summed E-state index contributed by atoms with van der Waals surface area (Å²) in [6.07, 6.45) is 0. The number of ether oxygens (including phenoxy) is 1. The number of imidazole rings is 1. The molecule has 4 rings (SSSR count). The van der Waals surface area contributed by atoms with E-state index in [0.29, 0.717) is 11.4 Å². The van der Waals surface area contributed by atoms with Crippen LogP contribution in [-0.2, 0) is 0 Å². The first-order valence-electron chi connectivity index (χ1n) is 8.38. The van der Waals surface area contributed by atoms with Crippen molar-refractivity contribution in [3.05, 3.63) is 59.1 Å². The zero-order chi connectivity index (χ0) is 18.4. The van der Waals surface area contributed by atoms with E-state index >= 15 is 0 Å². The van der Waals surface area contributed by atoms with Gasteiger partial charge in [-0.2, -0.15) is 0 Å². The molecule has 0 amide bonds. The molecule has 0 spiro atoms. The van der Waals surface area contributed by atoms with E-state index in [1.54, 1.807) is 12.0 Å². The van der Waals surface area contributed by atoms with Crippen molar-refractivity contribution in [3.8, 4) is 5.75 Å². The van der Waals surface area contributed by atoms with Gasteiger partial charge in [0.25, 0.3) is 0 Å². The molecule has 3 aromatic rings. The normalized spacial score (nSPS) is 14.6. The summed E-state index contributed by atoms with van der Waals surface area (Å²) in [7, 11) is 1.61. The average molecular weight is 348 g/mol. The lowest BCUT2D eigenvalue weighted by Gasteiger charge is -2.21. The minimum Gasteiger partial charge on any atom is -0.509 e. The summed E-state index contributed by atoms with van der Waals surface area (Å²) in [5.41, 5.74) is 5.17. The Morgan fingerprint density at radius 2 is 2.04 bits per heavy atom. The van der Waals surface area contributed by atoms with Crippen LogP contribution >= 0.6 is 0 Å². The summed E-state index contributed by atoms with van der Waals surface area (Å²) in [5.74, 6) is 1.59. The number of aromatic amines is 1. The Bertz CT molecular complexity index is 1060. The van der Waals surface area contributed by atoms with Gasteiger partial charge in [0.05, 0.1) is 30.3 Å². The van der Waals surface area contributed by atoms with Crippen molar-refractivity contribution in [1.29, 1.82) is 5.41 Å². The van der Waals surface area contributed by atoms with E-state index < -0.39 is 0 Å². The first-order chi connectivity index (χ1) is 12.5. The van der Waals surface area contributed by atoms with Crippen LogP contribution in [0.5, 0.6) is 5.75 Å². The molecule has 26 heavy (non-hydrogen) atoms. The Kier molecular flexibility index (Phi) is 3.68. The predicted octanol–water partition coefficient (Wildman–Crippen LogP) is 3.95. The smallest absolute Gasteiger partial charge is 0.145 e. The molecular weight excluding hydrogens is 328 g/mol. The highest BCUT2D eigenvalue weighted by Gasteiger charge is 2.32. The summed E-state index contributed by atoms with van der Waals surface area (Å²) in [6, 6.07) is 11.5. The maximum absolute atomic E-state index is 10.5. The number of benzene rings is 2. The molecule has 1 aliphatic rings. The molecule has 0 aliphatic carbocycles. The van der Waals surface area contributed by atoms with Crippen LogP contribution in [0.1, 0.15) is 17.0 Å². The number of anilines is 1. The van der Waals surface area contributed by atoms with Crippen molar-refractivity contribution >= 4 is 28.1 Å². The molecule has 2 aromatic carbocycles. The highest BCUT2D eigenvalue weighted by atomic mass is 16.5. The maximum atomic E-state index is 10.5. The first-order valence-corrected chi connectivity index (χ1v) is 8.38. The number of aryl methyl sites for hydroxylation is 1. The topological polar surface area (TPSA) is 85.2 Å². The molecule has 3 N–H and O–H groups in total. The zero-order valence-corrected chi connectivity index (χ0v) is 14.9. The second-order valence-corrected chi connectivity index (χ2v) is 6.44. The van der Waals surface area contributed by atoms with Gasteiger partial charge in [0.15, 0.2) is 0 Å². The van der Waals surface area contributed by atoms with Gasteiger partial charge in [-0.3, -0.25) is 5.41 Å². The van der Waals surface area contributed by atoms with Crippen LogP contribution in [0.25, 0.3) is 16.6 Å². The number of methoxy groups -OCH3 is 1. The molecule has 0 unspecified atom stereocenters. The third-order valence-corrected chi connectivity index (χ3v) is 4.90. The van der Waals surface area contributed by atoms with Crippen molar-refractivity contribution in [3.63, 3.8) is 0 Å². The van der Waals surface area contributed by atoms with E-state index in [1.165, 1.54) is 0 Å². The van der Waals surface area contributed by atoms with Crippen LogP contribution < -0.4 is 9.64 Å². The highest BCUT2D eigenvalue weighted by Crippen LogP contribution is 2.33. The van der Waals surface area contributed by atoms with Crippen molar-refractivity contribution < 1.29 is 9.84 Å². The molecule has 0 saturated heterocycles. The first kappa shape index (κ1) is 16.2. The quantitative estimate of drug-likeness (QED) is 0.669. The lowest BCUT2D eigenvalue weighted by molar-refractivity contribution is 0.411. The van der Waals surface area contributed by atoms with E-state index in [-0.39, 0.29) is 18.1 Å². The molecule has 1 aliphatic heterocycles. The highest BCUT2D eigenvalue weighted by molar-refractivity contribution is 6.30. The second-order valence-electron chi connectivity index (χ2n) is 6.44. The lowest BCUT2D eigenvalue weighted by atomic mass is 10.1. The van der Waals surface area contributed by atoms with Gasteiger partial charge >= 0.3 is 0 Å². The number of aliphatic hydroxyl groups excluding tert-OH is 1. The van der Waals surface area contributed by atoms with Crippen LogP contribution in [0.15, 0.2) is 42.2 Å². The third-order valence-electron chi connectivity index (χ3n) is 4.90. The molecule has 6 heteroatoms. The number of aromatic nitrogens is 2. The van der Waals surface area contributed by atoms with Crippen molar-refractivity contribution in [2.24, 2.45) is 0 Å². The van der Waals surface area contributed by atoms with Crippen LogP contribution in [-0.4, -0.2) is 34.6 Å². The van der Waals surface area contributed by atoms with Crippen LogP contribution in [0.4, 0.5) is 5.69 Å². The average Bonchev–Trinajstić information content (AvgIpc) is 3.16. The standard InChI is InChI=1S/C20H20N4O2/c1-11-5-4-6-16(12(11)2)24-10-17(25)18(19(24)21)20-22-14-8-7-13(26-3)9-15(14)23-20/h4-9,21,25H,10H2,1-3H3,(H,22,23). The number of rotatable bonds is 3. The molecule has 0 radical (unpaired) electrons. The van der Waals surface area contributed by atoms with E-state index in [0.717, 1.165) is 33.6 Å². The van der Waals surface area contributed by atoms with Crippen molar-refractivity contribution in [2.75, 3.05) is 18.6 Å². The van der Waals surface area contributed by atoms with Crippen LogP contribution in [0, 0.1) is 19.3 Å². The minimum absolute atomic E-state index is 0.141. The summed E-state index contributed by atoms with van der Waals surface area (Å²) in [5, 5.41) is 19.2. The van der Waals surface area contributed by atoms with Crippen molar-refractivity contribution in [1.82, 2.24) is 9.97 Å². The Hall–Kier alpha value is -3.28. The second kappa shape index (κ2) is 5.91. The van der Waals surface area contributed by atoms with Gasteiger partial charge in [-0.05, 0) is 43.2 Å². The molecule has 0 fully saturated rings. The Morgan fingerprint density at radius 1 is 1.23 bits per heavy atom. The van der Waals surface area contributed by atoms with E-state index in [4.69, 9.17) is 10.1 Å². The van der Waals surface area contributed by atoms with Gasteiger partial charge < -0.3 is 19.7 Å².